The van der Waals surface area contributed by atoms with Crippen molar-refractivity contribution in [3.8, 4) is 0 Å². The second-order valence-corrected chi connectivity index (χ2v) is 6.59. The summed E-state index contributed by atoms with van der Waals surface area (Å²) in [7, 11) is 3.55. The van der Waals surface area contributed by atoms with Crippen LogP contribution in [0.5, 0.6) is 0 Å². The van der Waals surface area contributed by atoms with Crippen molar-refractivity contribution in [2.75, 3.05) is 20.2 Å². The molecule has 134 valence electrons. The molecule has 1 aliphatic rings. The van der Waals surface area contributed by atoms with Crippen LogP contribution >= 0.6 is 0 Å². The molecule has 7 nitrogen and oxygen atoms in total. The Labute approximate surface area is 143 Å². The monoisotopic (exact) mass is 336 g/mol. The number of hydrogen-bond donors (Lipinski definition) is 1. The molecule has 2 amide bonds. The van der Waals surface area contributed by atoms with Crippen molar-refractivity contribution >= 4 is 11.8 Å². The van der Waals surface area contributed by atoms with Crippen LogP contribution in [0, 0.1) is 6.92 Å². The Morgan fingerprint density at radius 2 is 2.21 bits per heavy atom. The van der Waals surface area contributed by atoms with E-state index < -0.39 is 5.60 Å². The highest BCUT2D eigenvalue weighted by atomic mass is 16.5. The lowest BCUT2D eigenvalue weighted by Gasteiger charge is -2.41. The molecule has 0 radical (unpaired) electrons. The maximum atomic E-state index is 12.2. The van der Waals surface area contributed by atoms with Gasteiger partial charge in [0.15, 0.2) is 0 Å². The first-order valence-electron chi connectivity index (χ1n) is 8.42. The summed E-state index contributed by atoms with van der Waals surface area (Å²) in [5, 5.41) is 7.11. The Morgan fingerprint density at radius 1 is 1.46 bits per heavy atom. The number of aryl methyl sites for hydroxylation is 1. The molecule has 0 bridgehead atoms. The van der Waals surface area contributed by atoms with E-state index in [0.29, 0.717) is 25.9 Å². The number of likely N-dealkylation sites (tertiary alicyclic amines) is 1. The summed E-state index contributed by atoms with van der Waals surface area (Å²) in [5.41, 5.74) is 1.66. The molecule has 1 fully saturated rings. The molecule has 0 aromatic carbocycles. The third-order valence-corrected chi connectivity index (χ3v) is 5.04. The summed E-state index contributed by atoms with van der Waals surface area (Å²) in [5.74, 6) is 0.0576. The number of nitrogens with one attached hydrogen (secondary N) is 1. The maximum absolute atomic E-state index is 12.2. The highest BCUT2D eigenvalue weighted by molar-refractivity contribution is 5.76. The molecule has 0 spiro atoms. The number of carbonyl (C=O) groups is 2. The van der Waals surface area contributed by atoms with Crippen LogP contribution in [0.4, 0.5) is 0 Å². The first-order valence-corrected chi connectivity index (χ1v) is 8.42. The first kappa shape index (κ1) is 18.4. The van der Waals surface area contributed by atoms with Crippen LogP contribution in [0.1, 0.15) is 43.9 Å². The Bertz CT molecular complexity index is 599. The zero-order valence-corrected chi connectivity index (χ0v) is 15.1. The number of rotatable bonds is 6. The highest BCUT2D eigenvalue weighted by Gasteiger charge is 2.36. The van der Waals surface area contributed by atoms with E-state index in [1.165, 1.54) is 0 Å². The fourth-order valence-electron chi connectivity index (χ4n) is 3.18. The van der Waals surface area contributed by atoms with Gasteiger partial charge < -0.3 is 15.0 Å². The third kappa shape index (κ3) is 4.35. The summed E-state index contributed by atoms with van der Waals surface area (Å²) in [6.45, 7) is 5.38. The molecule has 24 heavy (non-hydrogen) atoms. The Balaban J connectivity index is 1.85. The van der Waals surface area contributed by atoms with Crippen molar-refractivity contribution in [1.29, 1.82) is 0 Å². The zero-order chi connectivity index (χ0) is 17.7. The van der Waals surface area contributed by atoms with Crippen LogP contribution in [0.25, 0.3) is 0 Å². The van der Waals surface area contributed by atoms with Gasteiger partial charge in [0.25, 0.3) is 0 Å². The summed E-state index contributed by atoms with van der Waals surface area (Å²) in [4.78, 5) is 25.6. The van der Waals surface area contributed by atoms with Crippen LogP contribution in [0.3, 0.4) is 0 Å². The van der Waals surface area contributed by atoms with E-state index >= 15 is 0 Å². The molecule has 2 rings (SSSR count). The van der Waals surface area contributed by atoms with E-state index in [4.69, 9.17) is 4.74 Å². The number of hydrogen-bond acceptors (Lipinski definition) is 4. The normalized spacial score (nSPS) is 20.9. The fourth-order valence-corrected chi connectivity index (χ4v) is 3.18. The van der Waals surface area contributed by atoms with Gasteiger partial charge in [-0.1, -0.05) is 0 Å². The molecule has 0 unspecified atom stereocenters. The highest BCUT2D eigenvalue weighted by Crippen LogP contribution is 2.29. The first-order chi connectivity index (χ1) is 11.4. The number of nitrogens with zero attached hydrogens (tertiary/aromatic N) is 3. The average molecular weight is 336 g/mol. The Morgan fingerprint density at radius 3 is 2.79 bits per heavy atom. The van der Waals surface area contributed by atoms with Crippen LogP contribution in [0.2, 0.25) is 0 Å². The van der Waals surface area contributed by atoms with E-state index in [0.717, 1.165) is 30.6 Å². The SMILES string of the molecule is CO[C@@]1(CCC(=O)NCc2cnn(C)c2C)CCCN(C(C)=O)C1. The second-order valence-electron chi connectivity index (χ2n) is 6.59. The van der Waals surface area contributed by atoms with E-state index in [9.17, 15) is 9.59 Å². The molecular weight excluding hydrogens is 308 g/mol. The summed E-state index contributed by atoms with van der Waals surface area (Å²) in [6, 6.07) is 0. The molecule has 0 saturated carbocycles. The van der Waals surface area contributed by atoms with Crippen LogP contribution < -0.4 is 5.32 Å². The van der Waals surface area contributed by atoms with E-state index in [1.807, 2.05) is 18.9 Å². The molecular formula is C17H28N4O3. The third-order valence-electron chi connectivity index (χ3n) is 5.04. The lowest BCUT2D eigenvalue weighted by molar-refractivity contribution is -0.139. The minimum atomic E-state index is -0.411. The second kappa shape index (κ2) is 7.79. The van der Waals surface area contributed by atoms with Crippen molar-refractivity contribution in [2.45, 2.75) is 51.7 Å². The predicted octanol–water partition coefficient (Wildman–Crippen LogP) is 1.15. The van der Waals surface area contributed by atoms with Crippen molar-refractivity contribution in [3.05, 3.63) is 17.5 Å². The largest absolute Gasteiger partial charge is 0.376 e. The van der Waals surface area contributed by atoms with Gasteiger partial charge in [0.1, 0.15) is 0 Å². The van der Waals surface area contributed by atoms with Gasteiger partial charge in [0, 0.05) is 58.4 Å². The van der Waals surface area contributed by atoms with Gasteiger partial charge in [0.2, 0.25) is 11.8 Å². The smallest absolute Gasteiger partial charge is 0.220 e. The number of carbonyl (C=O) groups excluding carboxylic acids is 2. The van der Waals surface area contributed by atoms with E-state index in [2.05, 4.69) is 10.4 Å². The summed E-state index contributed by atoms with van der Waals surface area (Å²) < 4.78 is 7.50. The summed E-state index contributed by atoms with van der Waals surface area (Å²) >= 11 is 0. The number of piperidine rings is 1. The maximum Gasteiger partial charge on any atom is 0.220 e. The van der Waals surface area contributed by atoms with Gasteiger partial charge in [-0.05, 0) is 26.2 Å². The Kier molecular flexibility index (Phi) is 5.99. The van der Waals surface area contributed by atoms with Crippen molar-refractivity contribution in [1.82, 2.24) is 20.0 Å². The number of aromatic nitrogens is 2. The molecule has 1 aliphatic heterocycles. The predicted molar refractivity (Wildman–Crippen MR) is 90.3 cm³/mol. The van der Waals surface area contributed by atoms with Gasteiger partial charge in [0.05, 0.1) is 11.8 Å². The minimum Gasteiger partial charge on any atom is -0.376 e. The lowest BCUT2D eigenvalue weighted by atomic mass is 9.87. The van der Waals surface area contributed by atoms with Crippen LogP contribution in [-0.4, -0.2) is 52.3 Å². The van der Waals surface area contributed by atoms with Crippen molar-refractivity contribution in [2.24, 2.45) is 7.05 Å². The van der Waals surface area contributed by atoms with Crippen LogP contribution in [-0.2, 0) is 27.9 Å². The standard InChI is InChI=1S/C17H28N4O3/c1-13-15(11-19-20(13)3)10-18-16(23)6-8-17(24-4)7-5-9-21(12-17)14(2)22/h11H,5-10,12H2,1-4H3,(H,18,23)/t17-/m1/s1. The number of methoxy groups -OCH3 is 1. The van der Waals surface area contributed by atoms with Gasteiger partial charge in [-0.2, -0.15) is 5.10 Å². The summed E-state index contributed by atoms with van der Waals surface area (Å²) in [6.07, 6.45) is 4.56. The molecule has 1 aromatic heterocycles. The molecule has 1 aromatic rings. The van der Waals surface area contributed by atoms with Gasteiger partial charge in [-0.15, -0.1) is 0 Å². The average Bonchev–Trinajstić information content (AvgIpc) is 2.90. The van der Waals surface area contributed by atoms with Crippen LogP contribution in [0.15, 0.2) is 6.20 Å². The van der Waals surface area contributed by atoms with E-state index in [1.54, 1.807) is 24.9 Å². The number of ether oxygens (including phenoxy) is 1. The quantitative estimate of drug-likeness (QED) is 0.845. The molecule has 1 saturated heterocycles. The molecule has 1 N–H and O–H groups in total. The molecule has 1 atom stereocenters. The van der Waals surface area contributed by atoms with Gasteiger partial charge in [-0.25, -0.2) is 0 Å². The Hall–Kier alpha value is -1.89. The molecule has 7 heteroatoms. The minimum absolute atomic E-state index is 0.00498. The van der Waals surface area contributed by atoms with Crippen molar-refractivity contribution < 1.29 is 14.3 Å². The van der Waals surface area contributed by atoms with Gasteiger partial charge >= 0.3 is 0 Å². The zero-order valence-electron chi connectivity index (χ0n) is 15.1. The van der Waals surface area contributed by atoms with Gasteiger partial charge in [-0.3, -0.25) is 14.3 Å². The molecule has 2 heterocycles. The topological polar surface area (TPSA) is 76.5 Å². The van der Waals surface area contributed by atoms with E-state index in [-0.39, 0.29) is 11.8 Å². The number of amides is 2. The van der Waals surface area contributed by atoms with Crippen molar-refractivity contribution in [3.63, 3.8) is 0 Å². The lowest BCUT2D eigenvalue weighted by Crippen LogP contribution is -2.51. The fraction of sp³-hybridized carbons (Fsp3) is 0.706. The molecule has 0 aliphatic carbocycles.